The van der Waals surface area contributed by atoms with Gasteiger partial charge in [0, 0.05) is 19.4 Å². The third-order valence-electron chi connectivity index (χ3n) is 4.38. The molecular weight excluding hydrogens is 280 g/mol. The first-order valence-corrected chi connectivity index (χ1v) is 7.82. The minimum Gasteiger partial charge on any atom is -0.469 e. The van der Waals surface area contributed by atoms with Crippen molar-refractivity contribution in [2.24, 2.45) is 5.92 Å². The molecule has 0 spiro atoms. The lowest BCUT2D eigenvalue weighted by molar-refractivity contribution is -0.897. The maximum absolute atomic E-state index is 12.0. The van der Waals surface area contributed by atoms with E-state index in [4.69, 9.17) is 4.74 Å². The molecule has 0 radical (unpaired) electrons. The highest BCUT2D eigenvalue weighted by Gasteiger charge is 2.28. The van der Waals surface area contributed by atoms with Crippen LogP contribution in [0.1, 0.15) is 24.0 Å². The van der Waals surface area contributed by atoms with Crippen molar-refractivity contribution in [3.8, 4) is 0 Å². The number of likely N-dealkylation sites (tertiary alicyclic amines) is 1. The van der Waals surface area contributed by atoms with Crippen LogP contribution in [0.25, 0.3) is 0 Å². The number of methoxy groups -OCH3 is 1. The van der Waals surface area contributed by atoms with Crippen LogP contribution in [0.4, 0.5) is 0 Å². The predicted octanol–water partition coefficient (Wildman–Crippen LogP) is 0.0791. The molecule has 2 N–H and O–H groups in total. The van der Waals surface area contributed by atoms with E-state index >= 15 is 0 Å². The topological polar surface area (TPSA) is 59.8 Å². The predicted molar refractivity (Wildman–Crippen MR) is 83.3 cm³/mol. The Morgan fingerprint density at radius 1 is 1.27 bits per heavy atom. The number of hydrogen-bond acceptors (Lipinski definition) is 3. The van der Waals surface area contributed by atoms with Crippen molar-refractivity contribution in [3.63, 3.8) is 0 Å². The summed E-state index contributed by atoms with van der Waals surface area (Å²) < 4.78 is 4.78. The Kier molecular flexibility index (Phi) is 5.95. The van der Waals surface area contributed by atoms with Gasteiger partial charge in [-0.1, -0.05) is 24.3 Å². The standard InChI is InChI=1S/C17H24N2O3/c1-13-5-3-4-6-15(13)11-18-16(20)12-19-9-7-14(8-10-19)17(21)22-2/h3-6,14H,7-12H2,1-2H3,(H,18,20)/p+1. The van der Waals surface area contributed by atoms with Crippen LogP contribution in [0.15, 0.2) is 24.3 Å². The second kappa shape index (κ2) is 7.94. The Morgan fingerprint density at radius 2 is 1.95 bits per heavy atom. The van der Waals surface area contributed by atoms with Crippen molar-refractivity contribution in [1.29, 1.82) is 0 Å². The van der Waals surface area contributed by atoms with Crippen molar-refractivity contribution < 1.29 is 19.2 Å². The van der Waals surface area contributed by atoms with Crippen LogP contribution in [-0.2, 0) is 20.9 Å². The van der Waals surface area contributed by atoms with Crippen molar-refractivity contribution >= 4 is 11.9 Å². The van der Waals surface area contributed by atoms with E-state index in [9.17, 15) is 9.59 Å². The molecule has 120 valence electrons. The zero-order valence-electron chi connectivity index (χ0n) is 13.4. The summed E-state index contributed by atoms with van der Waals surface area (Å²) in [5, 5.41) is 2.98. The lowest BCUT2D eigenvalue weighted by Gasteiger charge is -2.27. The van der Waals surface area contributed by atoms with Crippen LogP contribution < -0.4 is 10.2 Å². The molecule has 5 nitrogen and oxygen atoms in total. The highest BCUT2D eigenvalue weighted by molar-refractivity contribution is 5.77. The summed E-state index contributed by atoms with van der Waals surface area (Å²) in [5.41, 5.74) is 2.34. The Hall–Kier alpha value is -1.88. The van der Waals surface area contributed by atoms with E-state index < -0.39 is 0 Å². The Bertz CT molecular complexity index is 522. The van der Waals surface area contributed by atoms with E-state index in [-0.39, 0.29) is 17.8 Å². The van der Waals surface area contributed by atoms with Gasteiger partial charge in [0.1, 0.15) is 0 Å². The number of amides is 1. The first kappa shape index (κ1) is 16.5. The van der Waals surface area contributed by atoms with Crippen LogP contribution in [-0.4, -0.2) is 38.6 Å². The monoisotopic (exact) mass is 305 g/mol. The molecule has 2 rings (SSSR count). The molecule has 1 aromatic rings. The zero-order chi connectivity index (χ0) is 15.9. The normalized spacial score (nSPS) is 21.2. The molecule has 1 amide bonds. The maximum atomic E-state index is 12.0. The smallest absolute Gasteiger partial charge is 0.309 e. The second-order valence-electron chi connectivity index (χ2n) is 5.93. The average Bonchev–Trinajstić information content (AvgIpc) is 2.54. The summed E-state index contributed by atoms with van der Waals surface area (Å²) in [6, 6.07) is 8.06. The van der Waals surface area contributed by atoms with Crippen LogP contribution in [0.3, 0.4) is 0 Å². The van der Waals surface area contributed by atoms with Gasteiger partial charge in [-0.25, -0.2) is 0 Å². The fourth-order valence-electron chi connectivity index (χ4n) is 2.90. The van der Waals surface area contributed by atoms with Gasteiger partial charge in [0.05, 0.1) is 26.1 Å². The van der Waals surface area contributed by atoms with E-state index in [1.807, 2.05) is 31.2 Å². The molecule has 0 aromatic heterocycles. The summed E-state index contributed by atoms with van der Waals surface area (Å²) in [7, 11) is 1.43. The van der Waals surface area contributed by atoms with Crippen LogP contribution in [0.2, 0.25) is 0 Å². The van der Waals surface area contributed by atoms with Crippen LogP contribution in [0, 0.1) is 12.8 Å². The van der Waals surface area contributed by atoms with E-state index in [1.54, 1.807) is 0 Å². The number of benzene rings is 1. The van der Waals surface area contributed by atoms with Gasteiger partial charge in [-0.2, -0.15) is 0 Å². The summed E-state index contributed by atoms with van der Waals surface area (Å²) >= 11 is 0. The Labute approximate surface area is 131 Å². The summed E-state index contributed by atoms with van der Waals surface area (Å²) in [4.78, 5) is 24.8. The van der Waals surface area contributed by atoms with E-state index in [0.717, 1.165) is 31.5 Å². The zero-order valence-corrected chi connectivity index (χ0v) is 13.4. The third-order valence-corrected chi connectivity index (χ3v) is 4.38. The van der Waals surface area contributed by atoms with Gasteiger partial charge in [0.15, 0.2) is 6.54 Å². The summed E-state index contributed by atoms with van der Waals surface area (Å²) in [6.45, 7) is 4.78. The van der Waals surface area contributed by atoms with Crippen molar-refractivity contribution in [1.82, 2.24) is 5.32 Å². The van der Waals surface area contributed by atoms with Gasteiger partial charge in [0.2, 0.25) is 0 Å². The molecular formula is C17H25N2O3+. The second-order valence-corrected chi connectivity index (χ2v) is 5.93. The maximum Gasteiger partial charge on any atom is 0.309 e. The number of hydrogen-bond donors (Lipinski definition) is 2. The molecule has 1 aromatic carbocycles. The van der Waals surface area contributed by atoms with Gasteiger partial charge < -0.3 is 15.0 Å². The molecule has 1 fully saturated rings. The number of rotatable bonds is 5. The Morgan fingerprint density at radius 3 is 2.59 bits per heavy atom. The molecule has 0 aliphatic carbocycles. The fraction of sp³-hybridized carbons (Fsp3) is 0.529. The van der Waals surface area contributed by atoms with E-state index in [2.05, 4.69) is 5.32 Å². The molecule has 0 atom stereocenters. The van der Waals surface area contributed by atoms with Gasteiger partial charge in [-0.15, -0.1) is 0 Å². The average molecular weight is 305 g/mol. The fourth-order valence-corrected chi connectivity index (χ4v) is 2.90. The van der Waals surface area contributed by atoms with Crippen molar-refractivity contribution in [3.05, 3.63) is 35.4 Å². The van der Waals surface area contributed by atoms with Crippen molar-refractivity contribution in [2.75, 3.05) is 26.7 Å². The first-order valence-electron chi connectivity index (χ1n) is 7.82. The number of piperidine rings is 1. The minimum atomic E-state index is -0.122. The Balaban J connectivity index is 1.72. The summed E-state index contributed by atoms with van der Waals surface area (Å²) in [5.74, 6) is -0.0541. The molecule has 1 aliphatic rings. The SMILES string of the molecule is COC(=O)C1CC[NH+](CC(=O)NCc2ccccc2C)CC1. The van der Waals surface area contributed by atoms with Crippen LogP contribution in [0.5, 0.6) is 0 Å². The minimum absolute atomic E-state index is 0.00350. The molecule has 1 aliphatic heterocycles. The lowest BCUT2D eigenvalue weighted by atomic mass is 9.97. The number of esters is 1. The largest absolute Gasteiger partial charge is 0.469 e. The molecule has 0 bridgehead atoms. The number of carbonyl (C=O) groups is 2. The number of nitrogens with one attached hydrogen (secondary N) is 2. The molecule has 1 saturated heterocycles. The van der Waals surface area contributed by atoms with Crippen molar-refractivity contribution in [2.45, 2.75) is 26.3 Å². The quantitative estimate of drug-likeness (QED) is 0.758. The number of ether oxygens (including phenoxy) is 1. The van der Waals surface area contributed by atoms with E-state index in [1.165, 1.54) is 17.6 Å². The molecule has 1 heterocycles. The molecule has 5 heteroatoms. The summed E-state index contributed by atoms with van der Waals surface area (Å²) in [6.07, 6.45) is 1.60. The van der Waals surface area contributed by atoms with Gasteiger partial charge in [-0.05, 0) is 18.1 Å². The number of aryl methyl sites for hydroxylation is 1. The third kappa shape index (κ3) is 4.56. The van der Waals surface area contributed by atoms with Gasteiger partial charge in [-0.3, -0.25) is 9.59 Å². The molecule has 0 unspecified atom stereocenters. The molecule has 22 heavy (non-hydrogen) atoms. The van der Waals surface area contributed by atoms with Gasteiger partial charge >= 0.3 is 5.97 Å². The lowest BCUT2D eigenvalue weighted by Crippen LogP contribution is -3.14. The first-order chi connectivity index (χ1) is 10.6. The van der Waals surface area contributed by atoms with E-state index in [0.29, 0.717) is 13.1 Å². The number of quaternary nitrogens is 1. The van der Waals surface area contributed by atoms with Gasteiger partial charge in [0.25, 0.3) is 5.91 Å². The molecule has 0 saturated carbocycles. The van der Waals surface area contributed by atoms with Crippen LogP contribution >= 0.6 is 0 Å². The number of carbonyl (C=O) groups excluding carboxylic acids is 2. The highest BCUT2D eigenvalue weighted by Crippen LogP contribution is 2.10. The highest BCUT2D eigenvalue weighted by atomic mass is 16.5.